The summed E-state index contributed by atoms with van der Waals surface area (Å²) >= 11 is 0. The Balaban J connectivity index is 1.48. The molecule has 1 fully saturated rings. The molecule has 0 aliphatic carbocycles. The lowest BCUT2D eigenvalue weighted by Crippen LogP contribution is -2.60. The van der Waals surface area contributed by atoms with Gasteiger partial charge in [-0.1, -0.05) is 18.2 Å². The molecule has 36 heavy (non-hydrogen) atoms. The Morgan fingerprint density at radius 3 is 2.61 bits per heavy atom. The molecule has 3 heterocycles. The van der Waals surface area contributed by atoms with Crippen LogP contribution in [0.3, 0.4) is 0 Å². The zero-order chi connectivity index (χ0) is 25.8. The number of piperidine rings is 1. The maximum Gasteiger partial charge on any atom is 0.248 e. The van der Waals surface area contributed by atoms with Crippen LogP contribution >= 0.6 is 0 Å². The van der Waals surface area contributed by atoms with E-state index in [-0.39, 0.29) is 18.3 Å². The minimum Gasteiger partial charge on any atom is -0.473 e. The molecule has 4 N–H and O–H groups in total. The second-order valence-electron chi connectivity index (χ2n) is 9.51. The fraction of sp³-hybridized carbons (Fsp3) is 0.407. The number of nitriles is 1. The van der Waals surface area contributed by atoms with Crippen molar-refractivity contribution in [2.75, 3.05) is 13.1 Å². The number of amides is 1. The van der Waals surface area contributed by atoms with Crippen LogP contribution in [0.5, 0.6) is 5.88 Å². The molecule has 9 heteroatoms. The van der Waals surface area contributed by atoms with E-state index in [0.29, 0.717) is 31.0 Å². The SMILES string of the molecule is Cc1ccnc(O[C@@H]2CN[C@H](C(=O)C3CC(c4cc(C)c(C#N)c(C)c4)=CCN3)[C@@H](C(=O)NO)C2)c1. The predicted molar refractivity (Wildman–Crippen MR) is 133 cm³/mol. The number of hydroxylamine groups is 1. The molecule has 0 saturated carbocycles. The molecule has 2 aromatic rings. The number of aromatic nitrogens is 1. The number of ether oxygens (including phenoxy) is 1. The van der Waals surface area contributed by atoms with Crippen LogP contribution in [0.15, 0.2) is 36.5 Å². The van der Waals surface area contributed by atoms with Crippen molar-refractivity contribution in [1.82, 2.24) is 21.1 Å². The maximum atomic E-state index is 13.6. The summed E-state index contributed by atoms with van der Waals surface area (Å²) < 4.78 is 5.96. The highest BCUT2D eigenvalue weighted by molar-refractivity contribution is 5.96. The van der Waals surface area contributed by atoms with Gasteiger partial charge in [-0.15, -0.1) is 0 Å². The third-order valence-corrected chi connectivity index (χ3v) is 6.91. The molecule has 4 atom stereocenters. The van der Waals surface area contributed by atoms with Crippen molar-refractivity contribution in [2.45, 2.75) is 51.8 Å². The van der Waals surface area contributed by atoms with E-state index >= 15 is 0 Å². The molecule has 1 aromatic heterocycles. The van der Waals surface area contributed by atoms with E-state index in [2.05, 4.69) is 27.8 Å². The summed E-state index contributed by atoms with van der Waals surface area (Å²) in [5.74, 6) is -1.12. The number of Topliss-reactive ketones (excluding diaryl/α,β-unsaturated/α-hetero) is 1. The second-order valence-corrected chi connectivity index (χ2v) is 9.51. The first-order valence-electron chi connectivity index (χ1n) is 12.0. The highest BCUT2D eigenvalue weighted by atomic mass is 16.5. The van der Waals surface area contributed by atoms with Gasteiger partial charge in [-0.3, -0.25) is 14.8 Å². The van der Waals surface area contributed by atoms with Crippen LogP contribution in [0.4, 0.5) is 0 Å². The smallest absolute Gasteiger partial charge is 0.248 e. The van der Waals surface area contributed by atoms with Gasteiger partial charge in [0.05, 0.1) is 29.6 Å². The van der Waals surface area contributed by atoms with Gasteiger partial charge in [0.2, 0.25) is 11.8 Å². The Morgan fingerprint density at radius 2 is 1.94 bits per heavy atom. The summed E-state index contributed by atoms with van der Waals surface area (Å²) in [5.41, 5.74) is 7.20. The van der Waals surface area contributed by atoms with Gasteiger partial charge in [0.25, 0.3) is 0 Å². The molecule has 2 aliphatic heterocycles. The molecule has 1 amide bonds. The van der Waals surface area contributed by atoms with Gasteiger partial charge in [0, 0.05) is 25.4 Å². The summed E-state index contributed by atoms with van der Waals surface area (Å²) in [6.07, 6.45) is 4.04. The molecule has 0 spiro atoms. The van der Waals surface area contributed by atoms with Crippen molar-refractivity contribution in [3.8, 4) is 11.9 Å². The maximum absolute atomic E-state index is 13.6. The predicted octanol–water partition coefficient (Wildman–Crippen LogP) is 2.12. The lowest BCUT2D eigenvalue weighted by molar-refractivity contribution is -0.140. The number of aryl methyl sites for hydroxylation is 3. The average molecular weight is 490 g/mol. The van der Waals surface area contributed by atoms with Crippen LogP contribution in [-0.2, 0) is 9.59 Å². The number of hydrogen-bond donors (Lipinski definition) is 4. The fourth-order valence-electron chi connectivity index (χ4n) is 5.06. The van der Waals surface area contributed by atoms with Gasteiger partial charge in [-0.05, 0) is 67.5 Å². The van der Waals surface area contributed by atoms with E-state index in [0.717, 1.165) is 27.8 Å². The number of ketones is 1. The third-order valence-electron chi connectivity index (χ3n) is 6.91. The number of nitrogens with one attached hydrogen (secondary N) is 3. The summed E-state index contributed by atoms with van der Waals surface area (Å²) in [6, 6.07) is 8.60. The first-order valence-corrected chi connectivity index (χ1v) is 12.0. The van der Waals surface area contributed by atoms with Crippen molar-refractivity contribution in [3.05, 3.63) is 64.4 Å². The minimum absolute atomic E-state index is 0.136. The summed E-state index contributed by atoms with van der Waals surface area (Å²) in [7, 11) is 0. The number of pyridine rings is 1. The molecular formula is C27H31N5O4. The van der Waals surface area contributed by atoms with Gasteiger partial charge >= 0.3 is 0 Å². The fourth-order valence-corrected chi connectivity index (χ4v) is 5.06. The molecule has 1 aromatic carbocycles. The van der Waals surface area contributed by atoms with E-state index in [4.69, 9.17) is 4.74 Å². The number of carbonyl (C=O) groups excluding carboxylic acids is 2. The molecule has 0 bridgehead atoms. The molecule has 4 rings (SSSR count). The first-order chi connectivity index (χ1) is 17.3. The van der Waals surface area contributed by atoms with Gasteiger partial charge in [-0.25, -0.2) is 10.5 Å². The van der Waals surface area contributed by atoms with Crippen LogP contribution in [0, 0.1) is 38.0 Å². The van der Waals surface area contributed by atoms with E-state index in [1.165, 1.54) is 0 Å². The van der Waals surface area contributed by atoms with Crippen LogP contribution < -0.4 is 20.9 Å². The highest BCUT2D eigenvalue weighted by Gasteiger charge is 2.42. The number of rotatable bonds is 6. The molecular weight excluding hydrogens is 458 g/mol. The van der Waals surface area contributed by atoms with Gasteiger partial charge in [0.1, 0.15) is 6.10 Å². The van der Waals surface area contributed by atoms with E-state index in [1.54, 1.807) is 11.7 Å². The Bertz CT molecular complexity index is 1210. The minimum atomic E-state index is -0.804. The highest BCUT2D eigenvalue weighted by Crippen LogP contribution is 2.29. The van der Waals surface area contributed by atoms with E-state index in [9.17, 15) is 20.1 Å². The van der Waals surface area contributed by atoms with Crippen LogP contribution in [0.25, 0.3) is 5.57 Å². The number of carbonyl (C=O) groups is 2. The van der Waals surface area contributed by atoms with Crippen LogP contribution in [-0.4, -0.2) is 53.2 Å². The lowest BCUT2D eigenvalue weighted by atomic mass is 9.81. The number of nitrogens with zero attached hydrogens (tertiary/aromatic N) is 2. The summed E-state index contributed by atoms with van der Waals surface area (Å²) in [4.78, 5) is 30.4. The van der Waals surface area contributed by atoms with Gasteiger partial charge in [-0.2, -0.15) is 5.26 Å². The van der Waals surface area contributed by atoms with Gasteiger partial charge in [0.15, 0.2) is 5.78 Å². The molecule has 9 nitrogen and oxygen atoms in total. The first kappa shape index (κ1) is 25.5. The molecule has 0 radical (unpaired) electrons. The van der Waals surface area contributed by atoms with E-state index in [1.807, 2.05) is 45.0 Å². The van der Waals surface area contributed by atoms with Crippen molar-refractivity contribution in [2.24, 2.45) is 5.92 Å². The second kappa shape index (κ2) is 11.0. The Kier molecular flexibility index (Phi) is 7.79. The third kappa shape index (κ3) is 5.46. The standard InChI is InChI=1S/C27H31N5O4/c1-15-4-6-30-24(8-15)36-20-12-21(27(34)32-35)25(31-14-20)26(33)23-11-18(5-7-29-23)19-9-16(2)22(13-28)17(3)10-19/h4-6,8-10,20-21,23,25,29,31,35H,7,11-12,14H2,1-3H3,(H,32,34)/t20-,21-,23?,25-/m0/s1. The Morgan fingerprint density at radius 1 is 1.19 bits per heavy atom. The quantitative estimate of drug-likeness (QED) is 0.358. The Labute approximate surface area is 210 Å². The van der Waals surface area contributed by atoms with Crippen molar-refractivity contribution < 1.29 is 19.5 Å². The zero-order valence-electron chi connectivity index (χ0n) is 20.7. The number of benzene rings is 1. The molecule has 2 aliphatic rings. The topological polar surface area (TPSA) is 136 Å². The Hall–Kier alpha value is -3.58. The molecule has 188 valence electrons. The summed E-state index contributed by atoms with van der Waals surface area (Å²) in [6.45, 7) is 6.63. The number of hydrogen-bond acceptors (Lipinski definition) is 8. The zero-order valence-corrected chi connectivity index (χ0v) is 20.7. The van der Waals surface area contributed by atoms with Crippen LogP contribution in [0.1, 0.15) is 40.7 Å². The average Bonchev–Trinajstić information content (AvgIpc) is 2.87. The molecule has 1 unspecified atom stereocenters. The van der Waals surface area contributed by atoms with Crippen molar-refractivity contribution in [3.63, 3.8) is 0 Å². The largest absolute Gasteiger partial charge is 0.473 e. The van der Waals surface area contributed by atoms with Crippen molar-refractivity contribution in [1.29, 1.82) is 5.26 Å². The molecule has 1 saturated heterocycles. The van der Waals surface area contributed by atoms with Crippen LogP contribution in [0.2, 0.25) is 0 Å². The summed E-state index contributed by atoms with van der Waals surface area (Å²) in [5, 5.41) is 25.2. The lowest BCUT2D eigenvalue weighted by Gasteiger charge is -2.37. The van der Waals surface area contributed by atoms with E-state index < -0.39 is 23.9 Å². The van der Waals surface area contributed by atoms with Gasteiger partial charge < -0.3 is 15.4 Å². The monoisotopic (exact) mass is 489 g/mol. The normalized spacial score (nSPS) is 23.8. The van der Waals surface area contributed by atoms with Crippen molar-refractivity contribution >= 4 is 17.3 Å².